The molecule has 0 bridgehead atoms. The smallest absolute Gasteiger partial charge is 0.253 e. The van der Waals surface area contributed by atoms with Crippen LogP contribution in [0.2, 0.25) is 5.02 Å². The molecule has 0 aliphatic carbocycles. The van der Waals surface area contributed by atoms with E-state index < -0.39 is 0 Å². The van der Waals surface area contributed by atoms with Crippen LogP contribution in [0.3, 0.4) is 0 Å². The summed E-state index contributed by atoms with van der Waals surface area (Å²) in [5, 5.41) is 6.22. The lowest BCUT2D eigenvalue weighted by Crippen LogP contribution is -2.19. The Kier molecular flexibility index (Phi) is 4.39. The number of nitrogens with zero attached hydrogens (tertiary/aromatic N) is 1. The first-order valence-electron chi connectivity index (χ1n) is 5.51. The highest BCUT2D eigenvalue weighted by Gasteiger charge is 2.10. The van der Waals surface area contributed by atoms with E-state index in [9.17, 15) is 4.79 Å². The molecule has 2 aromatic rings. The summed E-state index contributed by atoms with van der Waals surface area (Å²) in [6.07, 6.45) is 1.54. The predicted octanol–water partition coefficient (Wildman–Crippen LogP) is 3.60. The molecule has 6 heteroatoms. The Balaban J connectivity index is 2.38. The molecule has 0 fully saturated rings. The number of rotatable bonds is 3. The average Bonchev–Trinajstić information content (AvgIpc) is 2.42. The van der Waals surface area contributed by atoms with Gasteiger partial charge in [-0.15, -0.1) is 0 Å². The number of carbonyl (C=O) groups is 1. The van der Waals surface area contributed by atoms with Gasteiger partial charge in [0.1, 0.15) is 4.60 Å². The minimum Gasteiger partial charge on any atom is -0.355 e. The van der Waals surface area contributed by atoms with Crippen LogP contribution >= 0.6 is 27.5 Å². The Morgan fingerprint density at radius 3 is 2.79 bits per heavy atom. The molecule has 1 aromatic heterocycles. The van der Waals surface area contributed by atoms with Gasteiger partial charge in [-0.05, 0) is 34.1 Å². The van der Waals surface area contributed by atoms with Crippen LogP contribution in [-0.2, 0) is 0 Å². The second-order valence-corrected chi connectivity index (χ2v) is 4.96. The molecule has 0 atom stereocenters. The van der Waals surface area contributed by atoms with Gasteiger partial charge in [-0.3, -0.25) is 4.79 Å². The first-order valence-corrected chi connectivity index (χ1v) is 6.68. The van der Waals surface area contributed by atoms with Gasteiger partial charge in [0, 0.05) is 13.2 Å². The molecule has 0 saturated heterocycles. The number of halogens is 2. The normalized spacial score (nSPS) is 10.1. The van der Waals surface area contributed by atoms with Crippen molar-refractivity contribution in [2.75, 3.05) is 12.4 Å². The summed E-state index contributed by atoms with van der Waals surface area (Å²) in [5.74, 6) is -0.160. The molecule has 0 radical (unpaired) electrons. The maximum Gasteiger partial charge on any atom is 0.253 e. The summed E-state index contributed by atoms with van der Waals surface area (Å²) in [6.45, 7) is 0. The molecule has 0 saturated carbocycles. The molecular weight excluding hydrogens is 330 g/mol. The summed E-state index contributed by atoms with van der Waals surface area (Å²) in [5.41, 5.74) is 1.91. The third kappa shape index (κ3) is 3.24. The maximum absolute atomic E-state index is 11.8. The second kappa shape index (κ2) is 6.04. The summed E-state index contributed by atoms with van der Waals surface area (Å²) in [4.78, 5) is 15.8. The maximum atomic E-state index is 11.8. The van der Waals surface area contributed by atoms with Crippen molar-refractivity contribution < 1.29 is 4.79 Å². The van der Waals surface area contributed by atoms with Crippen molar-refractivity contribution in [1.82, 2.24) is 10.3 Å². The summed E-state index contributed by atoms with van der Waals surface area (Å²) >= 11 is 9.35. The van der Waals surface area contributed by atoms with E-state index in [4.69, 9.17) is 11.6 Å². The first-order chi connectivity index (χ1) is 9.11. The van der Waals surface area contributed by atoms with Crippen LogP contribution in [0.1, 0.15) is 10.4 Å². The SMILES string of the molecule is CNC(=O)c1ccccc1Nc1cc(Br)ncc1Cl. The van der Waals surface area contributed by atoms with Crippen molar-refractivity contribution in [3.63, 3.8) is 0 Å². The van der Waals surface area contributed by atoms with Crippen molar-refractivity contribution in [3.8, 4) is 0 Å². The van der Waals surface area contributed by atoms with E-state index in [1.807, 2.05) is 12.1 Å². The third-order valence-electron chi connectivity index (χ3n) is 2.49. The van der Waals surface area contributed by atoms with Crippen LogP contribution in [0.25, 0.3) is 0 Å². The second-order valence-electron chi connectivity index (χ2n) is 3.74. The third-order valence-corrected chi connectivity index (χ3v) is 3.22. The van der Waals surface area contributed by atoms with E-state index in [2.05, 4.69) is 31.5 Å². The van der Waals surface area contributed by atoms with Gasteiger partial charge in [0.25, 0.3) is 5.91 Å². The zero-order chi connectivity index (χ0) is 13.8. The van der Waals surface area contributed by atoms with Crippen molar-refractivity contribution in [3.05, 3.63) is 51.7 Å². The minimum atomic E-state index is -0.160. The predicted molar refractivity (Wildman–Crippen MR) is 80.1 cm³/mol. The van der Waals surface area contributed by atoms with Crippen molar-refractivity contribution >= 4 is 44.8 Å². The van der Waals surface area contributed by atoms with Crippen LogP contribution in [-0.4, -0.2) is 17.9 Å². The monoisotopic (exact) mass is 339 g/mol. The highest BCUT2D eigenvalue weighted by Crippen LogP contribution is 2.28. The Morgan fingerprint density at radius 1 is 1.32 bits per heavy atom. The summed E-state index contributed by atoms with van der Waals surface area (Å²) < 4.78 is 0.664. The molecule has 19 heavy (non-hydrogen) atoms. The van der Waals surface area contributed by atoms with Gasteiger partial charge in [0.05, 0.1) is 22.0 Å². The van der Waals surface area contributed by atoms with Crippen LogP contribution in [0.5, 0.6) is 0 Å². The molecule has 4 nitrogen and oxygen atoms in total. The standard InChI is InChI=1S/C13H11BrClN3O/c1-16-13(19)8-4-2-3-5-10(8)18-11-6-12(14)17-7-9(11)15/h2-7H,1H3,(H,16,19)(H,17,18). The van der Waals surface area contributed by atoms with Gasteiger partial charge in [-0.1, -0.05) is 23.7 Å². The lowest BCUT2D eigenvalue weighted by Gasteiger charge is -2.12. The minimum absolute atomic E-state index is 0.160. The Hall–Kier alpha value is -1.59. The number of carbonyl (C=O) groups excluding carboxylic acids is 1. The molecule has 98 valence electrons. The number of nitrogens with one attached hydrogen (secondary N) is 2. The number of aromatic nitrogens is 1. The van der Waals surface area contributed by atoms with E-state index in [0.29, 0.717) is 26.6 Å². The van der Waals surface area contributed by atoms with Crippen LogP contribution in [0.4, 0.5) is 11.4 Å². The first kappa shape index (κ1) is 13.8. The zero-order valence-electron chi connectivity index (χ0n) is 10.1. The number of hydrogen-bond acceptors (Lipinski definition) is 3. The van der Waals surface area contributed by atoms with E-state index in [1.165, 1.54) is 6.20 Å². The Morgan fingerprint density at radius 2 is 2.05 bits per heavy atom. The lowest BCUT2D eigenvalue weighted by atomic mass is 10.1. The lowest BCUT2D eigenvalue weighted by molar-refractivity contribution is 0.0964. The number of pyridine rings is 1. The molecule has 0 spiro atoms. The van der Waals surface area contributed by atoms with Gasteiger partial charge in [0.15, 0.2) is 0 Å². The number of anilines is 2. The average molecular weight is 341 g/mol. The van der Waals surface area contributed by atoms with E-state index in [-0.39, 0.29) is 5.91 Å². The Bertz CT molecular complexity index is 619. The number of benzene rings is 1. The molecule has 2 rings (SSSR count). The molecule has 1 aromatic carbocycles. The van der Waals surface area contributed by atoms with Gasteiger partial charge in [-0.25, -0.2) is 4.98 Å². The van der Waals surface area contributed by atoms with E-state index in [1.54, 1.807) is 25.2 Å². The van der Waals surface area contributed by atoms with Crippen molar-refractivity contribution in [2.45, 2.75) is 0 Å². The molecule has 2 N–H and O–H groups in total. The molecule has 0 aliphatic rings. The zero-order valence-corrected chi connectivity index (χ0v) is 12.4. The fourth-order valence-electron chi connectivity index (χ4n) is 1.58. The highest BCUT2D eigenvalue weighted by atomic mass is 79.9. The van der Waals surface area contributed by atoms with Crippen LogP contribution < -0.4 is 10.6 Å². The molecule has 1 heterocycles. The topological polar surface area (TPSA) is 54.0 Å². The molecule has 0 aliphatic heterocycles. The van der Waals surface area contributed by atoms with Crippen molar-refractivity contribution in [1.29, 1.82) is 0 Å². The van der Waals surface area contributed by atoms with Crippen molar-refractivity contribution in [2.24, 2.45) is 0 Å². The summed E-state index contributed by atoms with van der Waals surface area (Å²) in [7, 11) is 1.59. The molecule has 1 amide bonds. The van der Waals surface area contributed by atoms with Crippen LogP contribution in [0.15, 0.2) is 41.1 Å². The van der Waals surface area contributed by atoms with Gasteiger partial charge in [0.2, 0.25) is 0 Å². The van der Waals surface area contributed by atoms with Crippen LogP contribution in [0, 0.1) is 0 Å². The highest BCUT2D eigenvalue weighted by molar-refractivity contribution is 9.10. The van der Waals surface area contributed by atoms with Gasteiger partial charge < -0.3 is 10.6 Å². The fourth-order valence-corrected chi connectivity index (χ4v) is 2.06. The Labute approximate surface area is 124 Å². The molecular formula is C13H11BrClN3O. The van der Waals surface area contributed by atoms with Gasteiger partial charge >= 0.3 is 0 Å². The number of amides is 1. The molecule has 0 unspecified atom stereocenters. The number of para-hydroxylation sites is 1. The summed E-state index contributed by atoms with van der Waals surface area (Å²) in [6, 6.07) is 8.96. The van der Waals surface area contributed by atoms with E-state index in [0.717, 1.165) is 0 Å². The van der Waals surface area contributed by atoms with Gasteiger partial charge in [-0.2, -0.15) is 0 Å². The fraction of sp³-hybridized carbons (Fsp3) is 0.0769. The quantitative estimate of drug-likeness (QED) is 0.839. The number of hydrogen-bond donors (Lipinski definition) is 2. The van der Waals surface area contributed by atoms with E-state index >= 15 is 0 Å². The largest absolute Gasteiger partial charge is 0.355 e.